The van der Waals surface area contributed by atoms with Crippen molar-refractivity contribution in [3.8, 4) is 5.75 Å². The normalized spacial score (nSPS) is 10.6. The van der Waals surface area contributed by atoms with Gasteiger partial charge in [-0.2, -0.15) is 0 Å². The van der Waals surface area contributed by atoms with Gasteiger partial charge >= 0.3 is 0 Å². The van der Waals surface area contributed by atoms with E-state index in [2.05, 4.69) is 10.3 Å². The fourth-order valence-corrected chi connectivity index (χ4v) is 2.15. The van der Waals surface area contributed by atoms with Crippen molar-refractivity contribution in [1.29, 1.82) is 0 Å². The Morgan fingerprint density at radius 1 is 1.35 bits per heavy atom. The van der Waals surface area contributed by atoms with Gasteiger partial charge in [0, 0.05) is 18.1 Å². The van der Waals surface area contributed by atoms with Crippen LogP contribution in [0.5, 0.6) is 5.75 Å². The molecule has 90 valence electrons. The van der Waals surface area contributed by atoms with Crippen LogP contribution in [0.4, 0.5) is 0 Å². The van der Waals surface area contributed by atoms with Crippen LogP contribution in [-0.4, -0.2) is 25.0 Å². The molecule has 4 heteroatoms. The second-order valence-corrected chi connectivity index (χ2v) is 4.04. The van der Waals surface area contributed by atoms with Crippen LogP contribution in [0.1, 0.15) is 21.6 Å². The minimum Gasteiger partial charge on any atom is -0.495 e. The first-order valence-electron chi connectivity index (χ1n) is 5.48. The van der Waals surface area contributed by atoms with E-state index in [-0.39, 0.29) is 5.91 Å². The number of carbonyl (C=O) groups is 1. The highest BCUT2D eigenvalue weighted by atomic mass is 16.5. The summed E-state index contributed by atoms with van der Waals surface area (Å²) in [6.07, 6.45) is 0. The van der Waals surface area contributed by atoms with Crippen LogP contribution >= 0.6 is 0 Å². The van der Waals surface area contributed by atoms with Gasteiger partial charge in [0.1, 0.15) is 5.75 Å². The quantitative estimate of drug-likeness (QED) is 0.833. The summed E-state index contributed by atoms with van der Waals surface area (Å²) in [5.41, 5.74) is 3.48. The molecule has 2 N–H and O–H groups in total. The SMILES string of the molecule is CNC(=O)c1c(C)[nH]c2c(OC)ccc(C)c12. The van der Waals surface area contributed by atoms with Crippen LogP contribution in [0.2, 0.25) is 0 Å². The largest absolute Gasteiger partial charge is 0.495 e. The summed E-state index contributed by atoms with van der Waals surface area (Å²) in [4.78, 5) is 15.1. The van der Waals surface area contributed by atoms with Crippen molar-refractivity contribution in [3.05, 3.63) is 29.0 Å². The average molecular weight is 232 g/mol. The molecule has 1 aromatic heterocycles. The molecular weight excluding hydrogens is 216 g/mol. The molecule has 0 aliphatic rings. The zero-order valence-electron chi connectivity index (χ0n) is 10.5. The molecule has 0 atom stereocenters. The Hall–Kier alpha value is -1.97. The molecule has 1 amide bonds. The van der Waals surface area contributed by atoms with E-state index in [1.807, 2.05) is 26.0 Å². The van der Waals surface area contributed by atoms with Crippen molar-refractivity contribution in [2.75, 3.05) is 14.2 Å². The van der Waals surface area contributed by atoms with E-state index in [0.717, 1.165) is 27.9 Å². The number of fused-ring (bicyclic) bond motifs is 1. The third-order valence-corrected chi connectivity index (χ3v) is 2.99. The van der Waals surface area contributed by atoms with Gasteiger partial charge in [-0.1, -0.05) is 6.07 Å². The van der Waals surface area contributed by atoms with E-state index in [1.54, 1.807) is 14.2 Å². The topological polar surface area (TPSA) is 54.1 Å². The highest BCUT2D eigenvalue weighted by Crippen LogP contribution is 2.32. The van der Waals surface area contributed by atoms with Gasteiger partial charge < -0.3 is 15.0 Å². The van der Waals surface area contributed by atoms with E-state index in [0.29, 0.717) is 5.56 Å². The molecule has 0 spiro atoms. The predicted octanol–water partition coefficient (Wildman–Crippen LogP) is 2.15. The molecule has 0 unspecified atom stereocenters. The van der Waals surface area contributed by atoms with Crippen LogP contribution < -0.4 is 10.1 Å². The molecule has 2 rings (SSSR count). The number of benzene rings is 1. The number of methoxy groups -OCH3 is 1. The molecule has 4 nitrogen and oxygen atoms in total. The Morgan fingerprint density at radius 2 is 2.06 bits per heavy atom. The van der Waals surface area contributed by atoms with Crippen molar-refractivity contribution < 1.29 is 9.53 Å². The maximum atomic E-state index is 11.9. The first-order valence-corrected chi connectivity index (χ1v) is 5.48. The number of nitrogens with one attached hydrogen (secondary N) is 2. The number of amides is 1. The second-order valence-electron chi connectivity index (χ2n) is 4.04. The Balaban J connectivity index is 2.85. The number of rotatable bonds is 2. The maximum Gasteiger partial charge on any atom is 0.253 e. The van der Waals surface area contributed by atoms with Gasteiger partial charge in [0.15, 0.2) is 0 Å². The van der Waals surface area contributed by atoms with Gasteiger partial charge in [-0.05, 0) is 25.5 Å². The van der Waals surface area contributed by atoms with Crippen molar-refractivity contribution in [1.82, 2.24) is 10.3 Å². The third-order valence-electron chi connectivity index (χ3n) is 2.99. The Kier molecular flexibility index (Phi) is 2.79. The predicted molar refractivity (Wildman–Crippen MR) is 67.7 cm³/mol. The fourth-order valence-electron chi connectivity index (χ4n) is 2.15. The minimum absolute atomic E-state index is 0.0786. The lowest BCUT2D eigenvalue weighted by Crippen LogP contribution is -2.18. The lowest BCUT2D eigenvalue weighted by Gasteiger charge is -2.05. The lowest BCUT2D eigenvalue weighted by molar-refractivity contribution is 0.0964. The van der Waals surface area contributed by atoms with Gasteiger partial charge in [0.25, 0.3) is 5.91 Å². The molecule has 0 aliphatic carbocycles. The average Bonchev–Trinajstić information content (AvgIpc) is 2.67. The highest BCUT2D eigenvalue weighted by Gasteiger charge is 2.18. The van der Waals surface area contributed by atoms with Crippen LogP contribution in [-0.2, 0) is 0 Å². The summed E-state index contributed by atoms with van der Waals surface area (Å²) in [5.74, 6) is 0.675. The molecule has 1 heterocycles. The van der Waals surface area contributed by atoms with Crippen molar-refractivity contribution >= 4 is 16.8 Å². The smallest absolute Gasteiger partial charge is 0.253 e. The number of aryl methyl sites for hydroxylation is 2. The zero-order valence-corrected chi connectivity index (χ0v) is 10.5. The third kappa shape index (κ3) is 1.65. The van der Waals surface area contributed by atoms with E-state index >= 15 is 0 Å². The van der Waals surface area contributed by atoms with Gasteiger partial charge in [0.2, 0.25) is 0 Å². The molecule has 0 radical (unpaired) electrons. The standard InChI is InChI=1S/C13H16N2O2/c1-7-5-6-9(17-4)12-10(7)11(8(2)15-12)13(16)14-3/h5-6,15H,1-4H3,(H,14,16). The molecule has 2 aromatic rings. The van der Waals surface area contributed by atoms with E-state index < -0.39 is 0 Å². The van der Waals surface area contributed by atoms with Crippen molar-refractivity contribution in [2.45, 2.75) is 13.8 Å². The van der Waals surface area contributed by atoms with Gasteiger partial charge in [-0.25, -0.2) is 0 Å². The number of hydrogen-bond acceptors (Lipinski definition) is 2. The van der Waals surface area contributed by atoms with Crippen LogP contribution in [0.3, 0.4) is 0 Å². The maximum absolute atomic E-state index is 11.9. The second kappa shape index (κ2) is 4.13. The summed E-state index contributed by atoms with van der Waals surface area (Å²) in [7, 11) is 3.26. The molecule has 0 saturated heterocycles. The molecular formula is C13H16N2O2. The first-order chi connectivity index (χ1) is 8.10. The van der Waals surface area contributed by atoms with Crippen molar-refractivity contribution in [2.24, 2.45) is 0 Å². The minimum atomic E-state index is -0.0786. The number of aromatic nitrogens is 1. The zero-order chi connectivity index (χ0) is 12.6. The highest BCUT2D eigenvalue weighted by molar-refractivity contribution is 6.10. The number of carbonyl (C=O) groups excluding carboxylic acids is 1. The number of ether oxygens (including phenoxy) is 1. The molecule has 0 saturated carbocycles. The lowest BCUT2D eigenvalue weighted by atomic mass is 10.0. The molecule has 0 bridgehead atoms. The summed E-state index contributed by atoms with van der Waals surface area (Å²) >= 11 is 0. The number of H-pyrrole nitrogens is 1. The Labute approximate surface area is 100.0 Å². The van der Waals surface area contributed by atoms with Crippen LogP contribution in [0.25, 0.3) is 10.9 Å². The summed E-state index contributed by atoms with van der Waals surface area (Å²) < 4.78 is 5.30. The molecule has 17 heavy (non-hydrogen) atoms. The first kappa shape index (κ1) is 11.5. The molecule has 1 aromatic carbocycles. The number of aromatic amines is 1. The summed E-state index contributed by atoms with van der Waals surface area (Å²) in [6.45, 7) is 3.88. The molecule has 0 fully saturated rings. The van der Waals surface area contributed by atoms with E-state index in [4.69, 9.17) is 4.74 Å². The Bertz CT molecular complexity index is 585. The van der Waals surface area contributed by atoms with E-state index in [9.17, 15) is 4.79 Å². The molecule has 0 aliphatic heterocycles. The van der Waals surface area contributed by atoms with Gasteiger partial charge in [0.05, 0.1) is 18.2 Å². The van der Waals surface area contributed by atoms with Gasteiger partial charge in [-0.15, -0.1) is 0 Å². The fraction of sp³-hybridized carbons (Fsp3) is 0.308. The van der Waals surface area contributed by atoms with Gasteiger partial charge in [-0.3, -0.25) is 4.79 Å². The Morgan fingerprint density at radius 3 is 2.65 bits per heavy atom. The van der Waals surface area contributed by atoms with Crippen molar-refractivity contribution in [3.63, 3.8) is 0 Å². The summed E-state index contributed by atoms with van der Waals surface area (Å²) in [6, 6.07) is 3.86. The number of hydrogen-bond donors (Lipinski definition) is 2. The monoisotopic (exact) mass is 232 g/mol. The summed E-state index contributed by atoms with van der Waals surface area (Å²) in [5, 5.41) is 3.60. The van der Waals surface area contributed by atoms with Crippen LogP contribution in [0.15, 0.2) is 12.1 Å². The van der Waals surface area contributed by atoms with E-state index in [1.165, 1.54) is 0 Å². The van der Waals surface area contributed by atoms with Crippen LogP contribution in [0, 0.1) is 13.8 Å².